The number of halogens is 1. The lowest BCUT2D eigenvalue weighted by Gasteiger charge is -2.11. The highest BCUT2D eigenvalue weighted by molar-refractivity contribution is 5.94. The Morgan fingerprint density at radius 1 is 1.29 bits per heavy atom. The highest BCUT2D eigenvalue weighted by atomic mass is 19.1. The van der Waals surface area contributed by atoms with Gasteiger partial charge >= 0.3 is 0 Å². The van der Waals surface area contributed by atoms with E-state index in [0.717, 1.165) is 5.69 Å². The number of rotatable bonds is 2. The van der Waals surface area contributed by atoms with Crippen LogP contribution < -0.4 is 10.5 Å². The zero-order valence-corrected chi connectivity index (χ0v) is 10.1. The fourth-order valence-corrected chi connectivity index (χ4v) is 1.76. The van der Waals surface area contributed by atoms with E-state index in [1.807, 2.05) is 13.8 Å². The predicted octanol–water partition coefficient (Wildman–Crippen LogP) is 3.09. The van der Waals surface area contributed by atoms with Gasteiger partial charge in [-0.15, -0.1) is 0 Å². The van der Waals surface area contributed by atoms with E-state index >= 15 is 0 Å². The zero-order chi connectivity index (χ0) is 12.6. The number of benzene rings is 1. The van der Waals surface area contributed by atoms with Crippen molar-refractivity contribution in [2.75, 3.05) is 12.8 Å². The van der Waals surface area contributed by atoms with Gasteiger partial charge in [0.2, 0.25) is 0 Å². The molecule has 0 aliphatic rings. The molecular weight excluding hydrogens is 219 g/mol. The Hall–Kier alpha value is -1.84. The number of anilines is 1. The maximum absolute atomic E-state index is 13.4. The molecule has 0 saturated carbocycles. The van der Waals surface area contributed by atoms with Gasteiger partial charge in [-0.05, 0) is 18.1 Å². The van der Waals surface area contributed by atoms with Crippen LogP contribution in [0.2, 0.25) is 0 Å². The monoisotopic (exact) mass is 234 g/mol. The minimum absolute atomic E-state index is 0.261. The van der Waals surface area contributed by atoms with Crippen molar-refractivity contribution >= 4 is 16.6 Å². The molecule has 2 N–H and O–H groups in total. The Morgan fingerprint density at radius 3 is 2.59 bits per heavy atom. The minimum Gasteiger partial charge on any atom is -0.494 e. The fraction of sp³-hybridized carbons (Fsp3) is 0.308. The lowest BCUT2D eigenvalue weighted by atomic mass is 10.1. The van der Waals surface area contributed by atoms with Crippen LogP contribution in [0.5, 0.6) is 5.75 Å². The number of nitrogens with two attached hydrogens (primary N) is 1. The molecule has 4 heteroatoms. The molecule has 0 spiro atoms. The van der Waals surface area contributed by atoms with Crippen LogP contribution in [0.1, 0.15) is 25.5 Å². The van der Waals surface area contributed by atoms with Crippen LogP contribution in [-0.4, -0.2) is 12.1 Å². The van der Waals surface area contributed by atoms with Crippen LogP contribution in [-0.2, 0) is 0 Å². The van der Waals surface area contributed by atoms with E-state index in [4.69, 9.17) is 10.5 Å². The first-order chi connectivity index (χ1) is 8.02. The van der Waals surface area contributed by atoms with Gasteiger partial charge in [0.1, 0.15) is 17.1 Å². The summed E-state index contributed by atoms with van der Waals surface area (Å²) in [4.78, 5) is 4.48. The number of nitrogen functional groups attached to an aromatic ring is 1. The summed E-state index contributed by atoms with van der Waals surface area (Å²) >= 11 is 0. The standard InChI is InChI=1S/C13H15FN2O/c1-7(2)11-6-10(15)9-4-8(14)5-12(17-3)13(9)16-11/h4-7H,1-3H3,(H2,15,16). The maximum atomic E-state index is 13.4. The molecule has 0 saturated heterocycles. The van der Waals surface area contributed by atoms with Crippen molar-refractivity contribution in [2.45, 2.75) is 19.8 Å². The third-order valence-electron chi connectivity index (χ3n) is 2.71. The van der Waals surface area contributed by atoms with Crippen LogP contribution in [0.3, 0.4) is 0 Å². The summed E-state index contributed by atoms with van der Waals surface area (Å²) in [6, 6.07) is 4.48. The lowest BCUT2D eigenvalue weighted by molar-refractivity contribution is 0.415. The fourth-order valence-electron chi connectivity index (χ4n) is 1.76. The Morgan fingerprint density at radius 2 is 2.00 bits per heavy atom. The summed E-state index contributed by atoms with van der Waals surface area (Å²) in [5.74, 6) is 0.297. The smallest absolute Gasteiger partial charge is 0.148 e. The highest BCUT2D eigenvalue weighted by Crippen LogP contribution is 2.31. The van der Waals surface area contributed by atoms with Crippen LogP contribution in [0.15, 0.2) is 18.2 Å². The number of hydrogen-bond donors (Lipinski definition) is 1. The maximum Gasteiger partial charge on any atom is 0.148 e. The van der Waals surface area contributed by atoms with Gasteiger partial charge in [-0.1, -0.05) is 13.8 Å². The van der Waals surface area contributed by atoms with Crippen molar-refractivity contribution in [1.29, 1.82) is 0 Å². The number of pyridine rings is 1. The summed E-state index contributed by atoms with van der Waals surface area (Å²) in [5.41, 5.74) is 7.93. The molecule has 0 amide bonds. The molecular formula is C13H15FN2O. The number of nitrogens with zero attached hydrogens (tertiary/aromatic N) is 1. The molecule has 0 bridgehead atoms. The number of hydrogen-bond acceptors (Lipinski definition) is 3. The molecule has 17 heavy (non-hydrogen) atoms. The van der Waals surface area contributed by atoms with E-state index in [2.05, 4.69) is 4.98 Å². The molecule has 1 heterocycles. The normalized spacial score (nSPS) is 11.1. The van der Waals surface area contributed by atoms with Gasteiger partial charge in [-0.3, -0.25) is 0 Å². The van der Waals surface area contributed by atoms with E-state index in [0.29, 0.717) is 22.3 Å². The number of aromatic nitrogens is 1. The second-order valence-corrected chi connectivity index (χ2v) is 4.30. The largest absolute Gasteiger partial charge is 0.494 e. The van der Waals surface area contributed by atoms with E-state index in [9.17, 15) is 4.39 Å². The number of fused-ring (bicyclic) bond motifs is 1. The van der Waals surface area contributed by atoms with Crippen molar-refractivity contribution in [3.63, 3.8) is 0 Å². The average molecular weight is 234 g/mol. The summed E-state index contributed by atoms with van der Waals surface area (Å²) in [6.45, 7) is 4.06. The van der Waals surface area contributed by atoms with Gasteiger partial charge < -0.3 is 10.5 Å². The highest BCUT2D eigenvalue weighted by Gasteiger charge is 2.12. The van der Waals surface area contributed by atoms with Crippen LogP contribution >= 0.6 is 0 Å². The van der Waals surface area contributed by atoms with Crippen molar-refractivity contribution < 1.29 is 9.13 Å². The van der Waals surface area contributed by atoms with Gasteiger partial charge in [0, 0.05) is 22.8 Å². The van der Waals surface area contributed by atoms with Gasteiger partial charge in [0.05, 0.1) is 7.11 Å². The second-order valence-electron chi connectivity index (χ2n) is 4.30. The molecule has 2 aromatic rings. The molecule has 0 aliphatic carbocycles. The van der Waals surface area contributed by atoms with E-state index in [1.165, 1.54) is 19.2 Å². The van der Waals surface area contributed by atoms with E-state index < -0.39 is 0 Å². The van der Waals surface area contributed by atoms with Crippen LogP contribution in [0.25, 0.3) is 10.9 Å². The second kappa shape index (κ2) is 4.20. The minimum atomic E-state index is -0.375. The van der Waals surface area contributed by atoms with Crippen LogP contribution in [0, 0.1) is 5.82 Å². The first-order valence-electron chi connectivity index (χ1n) is 5.46. The third-order valence-corrected chi connectivity index (χ3v) is 2.71. The van der Waals surface area contributed by atoms with Crippen molar-refractivity contribution in [3.05, 3.63) is 29.7 Å². The first kappa shape index (κ1) is 11.6. The van der Waals surface area contributed by atoms with E-state index in [1.54, 1.807) is 6.07 Å². The Bertz CT molecular complexity index is 567. The lowest BCUT2D eigenvalue weighted by Crippen LogP contribution is -1.99. The van der Waals surface area contributed by atoms with Gasteiger partial charge in [0.15, 0.2) is 0 Å². The molecule has 3 nitrogen and oxygen atoms in total. The summed E-state index contributed by atoms with van der Waals surface area (Å²) in [5, 5.41) is 0.589. The summed E-state index contributed by atoms with van der Waals surface area (Å²) in [6.07, 6.45) is 0. The van der Waals surface area contributed by atoms with Crippen LogP contribution in [0.4, 0.5) is 10.1 Å². The van der Waals surface area contributed by atoms with Gasteiger partial charge in [-0.2, -0.15) is 0 Å². The molecule has 0 radical (unpaired) electrons. The Labute approximate surface area is 99.4 Å². The van der Waals surface area contributed by atoms with Gasteiger partial charge in [0.25, 0.3) is 0 Å². The molecule has 0 unspecified atom stereocenters. The molecule has 1 aromatic heterocycles. The predicted molar refractivity (Wildman–Crippen MR) is 66.8 cm³/mol. The summed E-state index contributed by atoms with van der Waals surface area (Å²) < 4.78 is 18.5. The van der Waals surface area contributed by atoms with Crippen molar-refractivity contribution in [1.82, 2.24) is 4.98 Å². The van der Waals surface area contributed by atoms with Gasteiger partial charge in [-0.25, -0.2) is 9.37 Å². The molecule has 0 fully saturated rings. The average Bonchev–Trinajstić information content (AvgIpc) is 2.28. The number of methoxy groups -OCH3 is 1. The SMILES string of the molecule is COc1cc(F)cc2c(N)cc(C(C)C)nc12. The summed E-state index contributed by atoms with van der Waals surface area (Å²) in [7, 11) is 1.49. The molecule has 1 aromatic carbocycles. The Balaban J connectivity index is 2.81. The first-order valence-corrected chi connectivity index (χ1v) is 5.46. The topological polar surface area (TPSA) is 48.1 Å². The van der Waals surface area contributed by atoms with E-state index in [-0.39, 0.29) is 11.7 Å². The molecule has 0 aliphatic heterocycles. The Kier molecular flexibility index (Phi) is 2.88. The quantitative estimate of drug-likeness (QED) is 0.868. The zero-order valence-electron chi connectivity index (χ0n) is 10.1. The molecule has 90 valence electrons. The third kappa shape index (κ3) is 2.02. The van der Waals surface area contributed by atoms with Crippen molar-refractivity contribution in [3.8, 4) is 5.75 Å². The molecule has 0 atom stereocenters. The van der Waals surface area contributed by atoms with Crippen molar-refractivity contribution in [2.24, 2.45) is 0 Å². The number of ether oxygens (including phenoxy) is 1. The molecule has 2 rings (SSSR count).